The van der Waals surface area contributed by atoms with E-state index in [9.17, 15) is 13.2 Å². The van der Waals surface area contributed by atoms with Gasteiger partial charge in [-0.05, 0) is 48.9 Å². The van der Waals surface area contributed by atoms with Crippen LogP contribution >= 0.6 is 11.6 Å². The van der Waals surface area contributed by atoms with Crippen molar-refractivity contribution in [1.82, 2.24) is 0 Å². The Labute approximate surface area is 170 Å². The van der Waals surface area contributed by atoms with E-state index in [-0.39, 0.29) is 0 Å². The molecule has 0 aromatic heterocycles. The van der Waals surface area contributed by atoms with Crippen LogP contribution in [0.4, 0.5) is 17.1 Å². The molecule has 6 heteroatoms. The van der Waals surface area contributed by atoms with Gasteiger partial charge in [0, 0.05) is 22.5 Å². The quantitative estimate of drug-likeness (QED) is 0.511. The highest BCUT2D eigenvalue weighted by atomic mass is 35.5. The van der Waals surface area contributed by atoms with E-state index in [0.717, 1.165) is 23.2 Å². The van der Waals surface area contributed by atoms with Gasteiger partial charge >= 0.3 is 0 Å². The normalized spacial score (nSPS) is 11.2. The van der Waals surface area contributed by atoms with Gasteiger partial charge in [0.05, 0.1) is 11.4 Å². The van der Waals surface area contributed by atoms with Gasteiger partial charge < -0.3 is 4.90 Å². The Hall–Kier alpha value is -2.63. The fourth-order valence-electron chi connectivity index (χ4n) is 3.04. The van der Waals surface area contributed by atoms with Crippen LogP contribution in [0.3, 0.4) is 0 Å². The highest BCUT2D eigenvalue weighted by Crippen LogP contribution is 2.40. The van der Waals surface area contributed by atoms with E-state index < -0.39 is 21.4 Å². The van der Waals surface area contributed by atoms with E-state index in [4.69, 9.17) is 11.6 Å². The lowest BCUT2D eigenvalue weighted by Gasteiger charge is -2.29. The number of benzene rings is 3. The summed E-state index contributed by atoms with van der Waals surface area (Å²) in [6.07, 6.45) is 1.06. The van der Waals surface area contributed by atoms with Crippen LogP contribution in [0, 0.1) is 6.92 Å². The number of carbonyl (C=O) groups excluding carboxylic acids is 1. The summed E-state index contributed by atoms with van der Waals surface area (Å²) in [4.78, 5) is 14.7. The van der Waals surface area contributed by atoms with Gasteiger partial charge in [0.1, 0.15) is 5.75 Å². The topological polar surface area (TPSA) is 54.5 Å². The number of halogens is 1. The molecule has 0 unspecified atom stereocenters. The molecule has 0 aliphatic rings. The molecular weight excluding hydrogens is 394 g/mol. The van der Waals surface area contributed by atoms with E-state index in [1.165, 1.54) is 0 Å². The van der Waals surface area contributed by atoms with Crippen molar-refractivity contribution < 1.29 is 13.2 Å². The first-order chi connectivity index (χ1) is 13.3. The van der Waals surface area contributed by atoms with Crippen molar-refractivity contribution in [2.45, 2.75) is 6.92 Å². The van der Waals surface area contributed by atoms with Crippen LogP contribution in [0.15, 0.2) is 72.8 Å². The third-order valence-corrected chi connectivity index (χ3v) is 5.53. The van der Waals surface area contributed by atoms with Gasteiger partial charge in [0.15, 0.2) is 15.6 Å². The van der Waals surface area contributed by atoms with Crippen molar-refractivity contribution in [3.8, 4) is 0 Å². The molecule has 3 rings (SSSR count). The Morgan fingerprint density at radius 2 is 1.50 bits per heavy atom. The third kappa shape index (κ3) is 4.43. The number of sulfone groups is 1. The Morgan fingerprint density at radius 3 is 2.18 bits per heavy atom. The standard InChI is InChI=1S/C22H20ClNO3S/c1-16-19(23)12-8-14-20(16)24(17-9-4-3-5-10-17)21-13-7-6-11-18(21)22(25)15-28(2,26)27/h3-14H,15H2,1-2H3. The minimum Gasteiger partial charge on any atom is -0.309 e. The lowest BCUT2D eigenvalue weighted by Crippen LogP contribution is -2.19. The molecule has 144 valence electrons. The van der Waals surface area contributed by atoms with Gasteiger partial charge in [-0.25, -0.2) is 8.42 Å². The summed E-state index contributed by atoms with van der Waals surface area (Å²) in [7, 11) is -3.45. The Balaban J connectivity index is 2.23. The highest BCUT2D eigenvalue weighted by Gasteiger charge is 2.23. The molecule has 0 amide bonds. The molecule has 0 saturated carbocycles. The number of hydrogen-bond donors (Lipinski definition) is 0. The molecule has 0 bridgehead atoms. The number of carbonyl (C=O) groups is 1. The third-order valence-electron chi connectivity index (χ3n) is 4.33. The summed E-state index contributed by atoms with van der Waals surface area (Å²) in [6.45, 7) is 1.91. The maximum absolute atomic E-state index is 12.8. The summed E-state index contributed by atoms with van der Waals surface area (Å²) in [5, 5.41) is 0.610. The molecule has 0 atom stereocenters. The van der Waals surface area contributed by atoms with E-state index in [2.05, 4.69) is 0 Å². The monoisotopic (exact) mass is 413 g/mol. The second-order valence-electron chi connectivity index (χ2n) is 6.57. The fourth-order valence-corrected chi connectivity index (χ4v) is 3.84. The maximum Gasteiger partial charge on any atom is 0.179 e. The lowest BCUT2D eigenvalue weighted by molar-refractivity contribution is 0.102. The van der Waals surface area contributed by atoms with Crippen molar-refractivity contribution in [2.24, 2.45) is 0 Å². The minimum absolute atomic E-state index is 0.344. The number of anilines is 3. The predicted octanol–water partition coefficient (Wildman–Crippen LogP) is 5.35. The number of Topliss-reactive ketones (excluding diaryl/α,β-unsaturated/α-hetero) is 1. The predicted molar refractivity (Wildman–Crippen MR) is 115 cm³/mol. The molecule has 0 N–H and O–H groups in total. The molecule has 0 spiro atoms. The van der Waals surface area contributed by atoms with E-state index in [1.807, 2.05) is 72.5 Å². The second kappa shape index (κ2) is 8.17. The summed E-state index contributed by atoms with van der Waals surface area (Å²) >= 11 is 6.35. The summed E-state index contributed by atoms with van der Waals surface area (Å²) in [5.41, 5.74) is 3.47. The molecule has 3 aromatic carbocycles. The van der Waals surface area contributed by atoms with Crippen molar-refractivity contribution in [3.05, 3.63) is 88.9 Å². The highest BCUT2D eigenvalue weighted by molar-refractivity contribution is 7.91. The molecule has 28 heavy (non-hydrogen) atoms. The maximum atomic E-state index is 12.8. The van der Waals surface area contributed by atoms with Crippen LogP contribution in [0.25, 0.3) is 0 Å². The number of nitrogens with zero attached hydrogens (tertiary/aromatic N) is 1. The number of rotatable bonds is 6. The zero-order valence-electron chi connectivity index (χ0n) is 15.6. The van der Waals surface area contributed by atoms with Crippen molar-refractivity contribution >= 4 is 44.3 Å². The average Bonchev–Trinajstić information content (AvgIpc) is 2.65. The molecule has 0 saturated heterocycles. The summed E-state index contributed by atoms with van der Waals surface area (Å²) in [6, 6.07) is 22.2. The van der Waals surface area contributed by atoms with Crippen molar-refractivity contribution in [2.75, 3.05) is 16.9 Å². The molecule has 0 heterocycles. The molecule has 3 aromatic rings. The zero-order valence-corrected chi connectivity index (χ0v) is 17.2. The molecule has 4 nitrogen and oxygen atoms in total. The molecule has 0 aliphatic heterocycles. The van der Waals surface area contributed by atoms with E-state index >= 15 is 0 Å². The minimum atomic E-state index is -3.45. The van der Waals surface area contributed by atoms with Gasteiger partial charge in [-0.3, -0.25) is 4.79 Å². The number of hydrogen-bond acceptors (Lipinski definition) is 4. The van der Waals surface area contributed by atoms with E-state index in [0.29, 0.717) is 16.3 Å². The lowest BCUT2D eigenvalue weighted by atomic mass is 10.0. The van der Waals surface area contributed by atoms with Crippen molar-refractivity contribution in [1.29, 1.82) is 0 Å². The van der Waals surface area contributed by atoms with Gasteiger partial charge in [0.25, 0.3) is 0 Å². The van der Waals surface area contributed by atoms with Gasteiger partial charge in [-0.15, -0.1) is 0 Å². The molecule has 0 aliphatic carbocycles. The number of ketones is 1. The van der Waals surface area contributed by atoms with Gasteiger partial charge in [-0.1, -0.05) is 48.0 Å². The van der Waals surface area contributed by atoms with Gasteiger partial charge in [-0.2, -0.15) is 0 Å². The second-order valence-corrected chi connectivity index (χ2v) is 9.11. The first-order valence-electron chi connectivity index (χ1n) is 8.68. The Morgan fingerprint density at radius 1 is 0.893 bits per heavy atom. The Kier molecular flexibility index (Phi) is 5.87. The average molecular weight is 414 g/mol. The number of para-hydroxylation sites is 2. The van der Waals surface area contributed by atoms with Crippen LogP contribution < -0.4 is 4.90 Å². The van der Waals surface area contributed by atoms with Crippen LogP contribution in [0.5, 0.6) is 0 Å². The fraction of sp³-hybridized carbons (Fsp3) is 0.136. The smallest absolute Gasteiger partial charge is 0.179 e. The van der Waals surface area contributed by atoms with Crippen LogP contribution in [0.1, 0.15) is 15.9 Å². The van der Waals surface area contributed by atoms with E-state index in [1.54, 1.807) is 12.1 Å². The van der Waals surface area contributed by atoms with Crippen molar-refractivity contribution in [3.63, 3.8) is 0 Å². The zero-order chi connectivity index (χ0) is 20.3. The van der Waals surface area contributed by atoms with Gasteiger partial charge in [0.2, 0.25) is 0 Å². The molecule has 0 radical (unpaired) electrons. The SMILES string of the molecule is Cc1c(Cl)cccc1N(c1ccccc1)c1ccccc1C(=O)CS(C)(=O)=O. The molecule has 0 fully saturated rings. The summed E-state index contributed by atoms with van der Waals surface area (Å²) in [5.74, 6) is -0.986. The molecular formula is C22H20ClNO3S. The van der Waals surface area contributed by atoms with Crippen LogP contribution in [-0.4, -0.2) is 26.2 Å². The largest absolute Gasteiger partial charge is 0.309 e. The first-order valence-corrected chi connectivity index (χ1v) is 11.1. The summed E-state index contributed by atoms with van der Waals surface area (Å²) < 4.78 is 23.4. The van der Waals surface area contributed by atoms with Crippen LogP contribution in [-0.2, 0) is 9.84 Å². The van der Waals surface area contributed by atoms with Crippen LogP contribution in [0.2, 0.25) is 5.02 Å². The first kappa shape index (κ1) is 20.1. The Bertz CT molecular complexity index is 1110.